The molecular formula is C11H9ClN2. The van der Waals surface area contributed by atoms with Gasteiger partial charge >= 0.3 is 0 Å². The second kappa shape index (κ2) is 3.31. The Hall–Kier alpha value is -1.54. The lowest BCUT2D eigenvalue weighted by Crippen LogP contribution is -1.77. The molecule has 0 amide bonds. The van der Waals surface area contributed by atoms with Gasteiger partial charge in [-0.2, -0.15) is 0 Å². The Bertz CT molecular complexity index is 522. The third-order valence-corrected chi connectivity index (χ3v) is 2.24. The van der Waals surface area contributed by atoms with Gasteiger partial charge in [-0.15, -0.1) is 12.4 Å². The Kier molecular flexibility index (Phi) is 2.14. The first-order valence-electron chi connectivity index (χ1n) is 4.26. The number of hydrogen-bond donors (Lipinski definition) is 1. The van der Waals surface area contributed by atoms with Crippen molar-refractivity contribution in [3.63, 3.8) is 0 Å². The van der Waals surface area contributed by atoms with Crippen LogP contribution in [0.15, 0.2) is 42.7 Å². The zero-order chi connectivity index (χ0) is 8.67. The van der Waals surface area contributed by atoms with Crippen molar-refractivity contribution in [2.45, 2.75) is 0 Å². The summed E-state index contributed by atoms with van der Waals surface area (Å²) >= 11 is 0. The molecule has 0 fully saturated rings. The van der Waals surface area contributed by atoms with E-state index in [1.807, 2.05) is 30.6 Å². The first kappa shape index (κ1) is 9.03. The number of hydrogen-bond acceptors (Lipinski definition) is 1. The SMILES string of the molecule is Cl.c1ccc2nc3c[nH]cc3cc2c1. The normalized spacial score (nSPS) is 10.3. The van der Waals surface area contributed by atoms with Crippen molar-refractivity contribution in [3.8, 4) is 0 Å². The van der Waals surface area contributed by atoms with Crippen LogP contribution in [0.1, 0.15) is 0 Å². The van der Waals surface area contributed by atoms with Crippen LogP contribution in [0.3, 0.4) is 0 Å². The topological polar surface area (TPSA) is 28.7 Å². The maximum atomic E-state index is 4.51. The van der Waals surface area contributed by atoms with Gasteiger partial charge in [0.05, 0.1) is 11.0 Å². The lowest BCUT2D eigenvalue weighted by Gasteiger charge is -1.95. The number of benzene rings is 1. The third kappa shape index (κ3) is 1.24. The van der Waals surface area contributed by atoms with Crippen LogP contribution in [-0.4, -0.2) is 9.97 Å². The summed E-state index contributed by atoms with van der Waals surface area (Å²) in [5.41, 5.74) is 2.08. The molecule has 0 saturated heterocycles. The monoisotopic (exact) mass is 204 g/mol. The van der Waals surface area contributed by atoms with E-state index in [0.717, 1.165) is 11.0 Å². The van der Waals surface area contributed by atoms with Gasteiger partial charge in [0.25, 0.3) is 0 Å². The van der Waals surface area contributed by atoms with E-state index in [1.54, 1.807) is 0 Å². The maximum absolute atomic E-state index is 4.51. The van der Waals surface area contributed by atoms with Crippen LogP contribution < -0.4 is 0 Å². The van der Waals surface area contributed by atoms with Gasteiger partial charge < -0.3 is 4.98 Å². The molecule has 14 heavy (non-hydrogen) atoms. The summed E-state index contributed by atoms with van der Waals surface area (Å²) in [6.45, 7) is 0. The molecular weight excluding hydrogens is 196 g/mol. The average molecular weight is 205 g/mol. The van der Waals surface area contributed by atoms with Gasteiger partial charge in [-0.25, -0.2) is 4.98 Å². The number of fused-ring (bicyclic) bond motifs is 2. The van der Waals surface area contributed by atoms with Crippen LogP contribution in [0.25, 0.3) is 21.8 Å². The predicted octanol–water partition coefficient (Wildman–Crippen LogP) is 3.14. The van der Waals surface area contributed by atoms with E-state index in [-0.39, 0.29) is 12.4 Å². The molecule has 0 saturated carbocycles. The maximum Gasteiger partial charge on any atom is 0.0884 e. The average Bonchev–Trinajstić information content (AvgIpc) is 2.61. The standard InChI is InChI=1S/C11H8N2.ClH/c1-2-4-10-8(3-1)5-9-6-12-7-11(9)13-10;/h1-7,12H;1H. The molecule has 0 radical (unpaired) electrons. The van der Waals surface area contributed by atoms with Crippen molar-refractivity contribution in [1.29, 1.82) is 0 Å². The Morgan fingerprint density at radius 3 is 2.71 bits per heavy atom. The molecule has 2 nitrogen and oxygen atoms in total. The minimum atomic E-state index is 0. The van der Waals surface area contributed by atoms with Crippen molar-refractivity contribution in [2.24, 2.45) is 0 Å². The summed E-state index contributed by atoms with van der Waals surface area (Å²) in [5.74, 6) is 0. The Balaban J connectivity index is 0.000000750. The van der Waals surface area contributed by atoms with Gasteiger partial charge in [0.2, 0.25) is 0 Å². The smallest absolute Gasteiger partial charge is 0.0884 e. The summed E-state index contributed by atoms with van der Waals surface area (Å²) in [6, 6.07) is 10.3. The first-order chi connectivity index (χ1) is 6.43. The number of para-hydroxylation sites is 1. The van der Waals surface area contributed by atoms with Crippen LogP contribution >= 0.6 is 12.4 Å². The molecule has 2 aromatic heterocycles. The van der Waals surface area contributed by atoms with Crippen LogP contribution in [-0.2, 0) is 0 Å². The number of nitrogens with zero attached hydrogens (tertiary/aromatic N) is 1. The number of pyridine rings is 1. The molecule has 0 aliphatic heterocycles. The summed E-state index contributed by atoms with van der Waals surface area (Å²) in [6.07, 6.45) is 3.89. The van der Waals surface area contributed by atoms with Crippen molar-refractivity contribution in [2.75, 3.05) is 0 Å². The number of aromatic amines is 1. The van der Waals surface area contributed by atoms with Crippen LogP contribution in [0, 0.1) is 0 Å². The highest BCUT2D eigenvalue weighted by atomic mass is 35.5. The van der Waals surface area contributed by atoms with Gasteiger partial charge in [0, 0.05) is 23.2 Å². The van der Waals surface area contributed by atoms with E-state index in [1.165, 1.54) is 10.8 Å². The highest BCUT2D eigenvalue weighted by Crippen LogP contribution is 2.18. The predicted molar refractivity (Wildman–Crippen MR) is 60.8 cm³/mol. The molecule has 3 rings (SSSR count). The van der Waals surface area contributed by atoms with Gasteiger partial charge in [0.1, 0.15) is 0 Å². The first-order valence-corrected chi connectivity index (χ1v) is 4.26. The Labute approximate surface area is 87.4 Å². The lowest BCUT2D eigenvalue weighted by molar-refractivity contribution is 1.41. The number of nitrogens with one attached hydrogen (secondary N) is 1. The van der Waals surface area contributed by atoms with Gasteiger partial charge in [0.15, 0.2) is 0 Å². The van der Waals surface area contributed by atoms with E-state index in [9.17, 15) is 0 Å². The summed E-state index contributed by atoms with van der Waals surface area (Å²) in [5, 5.41) is 2.35. The fourth-order valence-corrected chi connectivity index (χ4v) is 1.59. The van der Waals surface area contributed by atoms with E-state index in [0.29, 0.717) is 0 Å². The second-order valence-electron chi connectivity index (χ2n) is 3.11. The minimum absolute atomic E-state index is 0. The third-order valence-electron chi connectivity index (χ3n) is 2.24. The summed E-state index contributed by atoms with van der Waals surface area (Å²) in [7, 11) is 0. The van der Waals surface area contributed by atoms with Gasteiger partial charge in [-0.1, -0.05) is 18.2 Å². The Morgan fingerprint density at radius 1 is 0.929 bits per heavy atom. The summed E-state index contributed by atoms with van der Waals surface area (Å²) in [4.78, 5) is 7.56. The molecule has 1 aromatic carbocycles. The molecule has 0 aliphatic rings. The minimum Gasteiger partial charge on any atom is -0.365 e. The number of aromatic nitrogens is 2. The number of H-pyrrole nitrogens is 1. The molecule has 70 valence electrons. The van der Waals surface area contributed by atoms with Crippen molar-refractivity contribution < 1.29 is 0 Å². The molecule has 1 N–H and O–H groups in total. The Morgan fingerprint density at radius 2 is 1.79 bits per heavy atom. The molecule has 0 atom stereocenters. The van der Waals surface area contributed by atoms with Crippen molar-refractivity contribution >= 4 is 34.2 Å². The van der Waals surface area contributed by atoms with Crippen LogP contribution in [0.2, 0.25) is 0 Å². The molecule has 3 aromatic rings. The highest BCUT2D eigenvalue weighted by Gasteiger charge is 1.97. The quantitative estimate of drug-likeness (QED) is 0.599. The van der Waals surface area contributed by atoms with E-state index in [4.69, 9.17) is 0 Å². The fourth-order valence-electron chi connectivity index (χ4n) is 1.59. The second-order valence-corrected chi connectivity index (χ2v) is 3.11. The van der Waals surface area contributed by atoms with E-state index >= 15 is 0 Å². The van der Waals surface area contributed by atoms with E-state index < -0.39 is 0 Å². The van der Waals surface area contributed by atoms with Crippen molar-refractivity contribution in [1.82, 2.24) is 9.97 Å². The van der Waals surface area contributed by atoms with Crippen LogP contribution in [0.5, 0.6) is 0 Å². The largest absolute Gasteiger partial charge is 0.365 e. The molecule has 0 unspecified atom stereocenters. The molecule has 0 spiro atoms. The van der Waals surface area contributed by atoms with E-state index in [2.05, 4.69) is 22.1 Å². The molecule has 3 heteroatoms. The highest BCUT2D eigenvalue weighted by molar-refractivity contribution is 5.92. The van der Waals surface area contributed by atoms with Gasteiger partial charge in [-0.05, 0) is 12.1 Å². The molecule has 2 heterocycles. The molecule has 0 aliphatic carbocycles. The number of halogens is 1. The van der Waals surface area contributed by atoms with Gasteiger partial charge in [-0.3, -0.25) is 0 Å². The van der Waals surface area contributed by atoms with Crippen molar-refractivity contribution in [3.05, 3.63) is 42.7 Å². The zero-order valence-electron chi connectivity index (χ0n) is 7.40. The van der Waals surface area contributed by atoms with Crippen LogP contribution in [0.4, 0.5) is 0 Å². The zero-order valence-corrected chi connectivity index (χ0v) is 8.21. The lowest BCUT2D eigenvalue weighted by atomic mass is 10.2. The fraction of sp³-hybridized carbons (Fsp3) is 0. The summed E-state index contributed by atoms with van der Waals surface area (Å²) < 4.78 is 0. The molecule has 0 bridgehead atoms. The number of rotatable bonds is 0.